The lowest BCUT2D eigenvalue weighted by Gasteiger charge is -2.35. The maximum atomic E-state index is 11.5. The summed E-state index contributed by atoms with van der Waals surface area (Å²) in [6.45, 7) is 0. The molecule has 0 unspecified atom stereocenters. The van der Waals surface area contributed by atoms with Gasteiger partial charge < -0.3 is 10.1 Å². The van der Waals surface area contributed by atoms with Crippen LogP contribution in [0.3, 0.4) is 0 Å². The first-order valence-corrected chi connectivity index (χ1v) is 7.41. The zero-order valence-corrected chi connectivity index (χ0v) is 12.9. The highest BCUT2D eigenvalue weighted by Gasteiger charge is 2.38. The lowest BCUT2D eigenvalue weighted by atomic mass is 9.77. The first kappa shape index (κ1) is 14.9. The van der Waals surface area contributed by atoms with E-state index in [0.29, 0.717) is 25.7 Å². The molecule has 0 atom stereocenters. The van der Waals surface area contributed by atoms with Gasteiger partial charge in [-0.3, -0.25) is 4.79 Å². The molecule has 0 radical (unpaired) electrons. The van der Waals surface area contributed by atoms with E-state index in [1.54, 1.807) is 0 Å². The van der Waals surface area contributed by atoms with Gasteiger partial charge in [0.2, 0.25) is 0 Å². The van der Waals surface area contributed by atoms with Crippen molar-refractivity contribution in [1.82, 2.24) is 0 Å². The van der Waals surface area contributed by atoms with Gasteiger partial charge in [-0.2, -0.15) is 5.26 Å². The number of hydrogen-bond donors (Lipinski definition) is 1. The molecule has 1 fully saturated rings. The fourth-order valence-corrected chi connectivity index (χ4v) is 3.02. The Morgan fingerprint density at radius 3 is 2.75 bits per heavy atom. The van der Waals surface area contributed by atoms with E-state index in [9.17, 15) is 10.1 Å². The zero-order chi connectivity index (χ0) is 14.6. The number of nitrogens with zero attached hydrogens (tertiary/aromatic N) is 1. The summed E-state index contributed by atoms with van der Waals surface area (Å²) in [5.74, 6) is -0.246. The van der Waals surface area contributed by atoms with Gasteiger partial charge in [0.25, 0.3) is 0 Å². The van der Waals surface area contributed by atoms with Gasteiger partial charge in [-0.15, -0.1) is 0 Å². The molecule has 0 spiro atoms. The van der Waals surface area contributed by atoms with Crippen molar-refractivity contribution in [1.29, 1.82) is 5.26 Å². The van der Waals surface area contributed by atoms with E-state index in [1.165, 1.54) is 7.11 Å². The lowest BCUT2D eigenvalue weighted by molar-refractivity contribution is -0.146. The summed E-state index contributed by atoms with van der Waals surface area (Å²) in [5.41, 5.74) is 0.322. The van der Waals surface area contributed by atoms with Crippen molar-refractivity contribution in [2.75, 3.05) is 12.4 Å². The van der Waals surface area contributed by atoms with Crippen molar-refractivity contribution in [3.8, 4) is 6.07 Å². The quantitative estimate of drug-likeness (QED) is 0.858. The summed E-state index contributed by atoms with van der Waals surface area (Å²) in [5, 5.41) is 12.8. The highest BCUT2D eigenvalue weighted by Crippen LogP contribution is 2.35. The van der Waals surface area contributed by atoms with Crippen LogP contribution in [-0.2, 0) is 9.53 Å². The number of esters is 1. The molecule has 2 rings (SSSR count). The van der Waals surface area contributed by atoms with Gasteiger partial charge in [0, 0.05) is 10.2 Å². The smallest absolute Gasteiger partial charge is 0.308 e. The molecular formula is C15H17BrN2O2. The molecule has 0 aliphatic heterocycles. The molecule has 1 N–H and O–H groups in total. The minimum absolute atomic E-state index is 0.0780. The van der Waals surface area contributed by atoms with Gasteiger partial charge in [-0.1, -0.05) is 22.0 Å². The van der Waals surface area contributed by atoms with Gasteiger partial charge in [-0.25, -0.2) is 0 Å². The lowest BCUT2D eigenvalue weighted by Crippen LogP contribution is -2.42. The summed E-state index contributed by atoms with van der Waals surface area (Å²) in [6.07, 6.45) is 2.66. The number of nitrogens with one attached hydrogen (secondary N) is 1. The minimum Gasteiger partial charge on any atom is -0.469 e. The topological polar surface area (TPSA) is 62.1 Å². The second kappa shape index (κ2) is 6.27. The Morgan fingerprint density at radius 1 is 1.50 bits per heavy atom. The normalized spacial score (nSPS) is 25.6. The minimum atomic E-state index is -0.592. The Bertz CT molecular complexity index is 531. The Balaban J connectivity index is 2.06. The number of rotatable bonds is 3. The Kier molecular flexibility index (Phi) is 4.66. The molecule has 0 aromatic heterocycles. The number of carbonyl (C=O) groups is 1. The van der Waals surface area contributed by atoms with E-state index in [4.69, 9.17) is 4.74 Å². The average molecular weight is 337 g/mol. The van der Waals surface area contributed by atoms with E-state index in [0.717, 1.165) is 10.2 Å². The van der Waals surface area contributed by atoms with E-state index in [1.807, 2.05) is 24.3 Å². The number of nitriles is 1. The molecule has 1 aromatic carbocycles. The number of hydrogen-bond acceptors (Lipinski definition) is 4. The van der Waals surface area contributed by atoms with Crippen LogP contribution < -0.4 is 5.32 Å². The molecule has 0 bridgehead atoms. The SMILES string of the molecule is COC(=O)C1CCC(C#N)(Nc2cccc(Br)c2)CC1. The Morgan fingerprint density at radius 2 is 2.20 bits per heavy atom. The monoisotopic (exact) mass is 336 g/mol. The van der Waals surface area contributed by atoms with Crippen molar-refractivity contribution in [3.05, 3.63) is 28.7 Å². The summed E-state index contributed by atoms with van der Waals surface area (Å²) < 4.78 is 5.75. The Hall–Kier alpha value is -1.54. The first-order chi connectivity index (χ1) is 9.58. The number of carbonyl (C=O) groups excluding carboxylic acids is 1. The summed E-state index contributed by atoms with van der Waals surface area (Å²) in [6, 6.07) is 10.1. The van der Waals surface area contributed by atoms with Crippen molar-refractivity contribution in [2.45, 2.75) is 31.2 Å². The van der Waals surface area contributed by atoms with Crippen LogP contribution in [-0.4, -0.2) is 18.6 Å². The van der Waals surface area contributed by atoms with Crippen LogP contribution in [0.5, 0.6) is 0 Å². The molecule has 106 valence electrons. The van der Waals surface area contributed by atoms with Crippen molar-refractivity contribution < 1.29 is 9.53 Å². The zero-order valence-electron chi connectivity index (χ0n) is 11.4. The highest BCUT2D eigenvalue weighted by atomic mass is 79.9. The second-order valence-corrected chi connectivity index (χ2v) is 6.04. The van der Waals surface area contributed by atoms with Gasteiger partial charge >= 0.3 is 5.97 Å². The summed E-state index contributed by atoms with van der Waals surface area (Å²) >= 11 is 3.42. The molecule has 20 heavy (non-hydrogen) atoms. The molecule has 5 heteroatoms. The molecule has 0 heterocycles. The van der Waals surface area contributed by atoms with E-state index in [2.05, 4.69) is 27.3 Å². The molecule has 1 aliphatic carbocycles. The molecule has 0 saturated heterocycles. The van der Waals surface area contributed by atoms with Crippen molar-refractivity contribution >= 4 is 27.6 Å². The number of benzene rings is 1. The molecule has 4 nitrogen and oxygen atoms in total. The van der Waals surface area contributed by atoms with Crippen molar-refractivity contribution in [2.24, 2.45) is 5.92 Å². The third-order valence-electron chi connectivity index (χ3n) is 3.80. The maximum Gasteiger partial charge on any atom is 0.308 e. The van der Waals surface area contributed by atoms with E-state index >= 15 is 0 Å². The van der Waals surface area contributed by atoms with Gasteiger partial charge in [0.15, 0.2) is 0 Å². The van der Waals surface area contributed by atoms with Crippen LogP contribution in [0.1, 0.15) is 25.7 Å². The van der Waals surface area contributed by atoms with Crippen LogP contribution in [0.4, 0.5) is 5.69 Å². The predicted molar refractivity (Wildman–Crippen MR) is 80.1 cm³/mol. The predicted octanol–water partition coefficient (Wildman–Crippen LogP) is 3.49. The second-order valence-electron chi connectivity index (χ2n) is 5.13. The fraction of sp³-hybridized carbons (Fsp3) is 0.467. The van der Waals surface area contributed by atoms with Crippen molar-refractivity contribution in [3.63, 3.8) is 0 Å². The van der Waals surface area contributed by atoms with Crippen LogP contribution >= 0.6 is 15.9 Å². The number of methoxy groups -OCH3 is 1. The van der Waals surface area contributed by atoms with E-state index in [-0.39, 0.29) is 11.9 Å². The van der Waals surface area contributed by atoms with Crippen LogP contribution in [0.25, 0.3) is 0 Å². The molecule has 1 aliphatic rings. The van der Waals surface area contributed by atoms with Crippen LogP contribution in [0.2, 0.25) is 0 Å². The summed E-state index contributed by atoms with van der Waals surface area (Å²) in [4.78, 5) is 11.5. The Labute approximate surface area is 127 Å². The van der Waals surface area contributed by atoms with Crippen LogP contribution in [0.15, 0.2) is 28.7 Å². The van der Waals surface area contributed by atoms with Gasteiger partial charge in [0.1, 0.15) is 5.54 Å². The molecular weight excluding hydrogens is 320 g/mol. The summed E-state index contributed by atoms with van der Waals surface area (Å²) in [7, 11) is 1.41. The number of anilines is 1. The largest absolute Gasteiger partial charge is 0.469 e. The van der Waals surface area contributed by atoms with Crippen LogP contribution in [0, 0.1) is 17.2 Å². The molecule has 1 aromatic rings. The molecule has 1 saturated carbocycles. The number of halogens is 1. The standard InChI is InChI=1S/C15H17BrN2O2/c1-20-14(19)11-5-7-15(10-17,8-6-11)18-13-4-2-3-12(16)9-13/h2-4,9,11,18H,5-8H2,1H3. The highest BCUT2D eigenvalue weighted by molar-refractivity contribution is 9.10. The first-order valence-electron chi connectivity index (χ1n) is 6.61. The maximum absolute atomic E-state index is 11.5. The average Bonchev–Trinajstić information content (AvgIpc) is 2.47. The van der Waals surface area contributed by atoms with E-state index < -0.39 is 5.54 Å². The molecule has 0 amide bonds. The third kappa shape index (κ3) is 3.31. The third-order valence-corrected chi connectivity index (χ3v) is 4.29. The van der Waals surface area contributed by atoms with Gasteiger partial charge in [0.05, 0.1) is 19.1 Å². The van der Waals surface area contributed by atoms with Gasteiger partial charge in [-0.05, 0) is 43.9 Å². The fourth-order valence-electron chi connectivity index (χ4n) is 2.62. The number of ether oxygens (including phenoxy) is 1.